The summed E-state index contributed by atoms with van der Waals surface area (Å²) in [6, 6.07) is -1.03. The number of nitrogen functional groups attached to an aromatic ring is 1. The number of hydrogen-bond donors (Lipinski definition) is 3. The lowest BCUT2D eigenvalue weighted by Gasteiger charge is -2.56. The number of rotatable bonds is 10. The highest BCUT2D eigenvalue weighted by molar-refractivity contribution is 8.01. The second kappa shape index (κ2) is 9.68. The molecule has 0 radical (unpaired) electrons. The number of ether oxygens (including phenoxy) is 1. The Labute approximate surface area is 195 Å². The van der Waals surface area contributed by atoms with Crippen LogP contribution in [0.2, 0.25) is 0 Å². The summed E-state index contributed by atoms with van der Waals surface area (Å²) in [4.78, 5) is 61.1. The Kier molecular flexibility index (Phi) is 7.14. The molecule has 1 aromatic rings. The molecule has 1 amide bonds. The predicted molar refractivity (Wildman–Crippen MR) is 120 cm³/mol. The van der Waals surface area contributed by atoms with E-state index in [2.05, 4.69) is 27.2 Å². The van der Waals surface area contributed by atoms with Crippen molar-refractivity contribution in [2.75, 3.05) is 31.7 Å². The second-order valence-corrected chi connectivity index (χ2v) is 8.82. The van der Waals surface area contributed by atoms with Gasteiger partial charge in [0.2, 0.25) is 10.8 Å². The van der Waals surface area contributed by atoms with Crippen molar-refractivity contribution in [3.05, 3.63) is 22.3 Å². The summed E-state index contributed by atoms with van der Waals surface area (Å²) in [5, 5.41) is 18.0. The Morgan fingerprint density at radius 2 is 2.21 bits per heavy atom. The van der Waals surface area contributed by atoms with Gasteiger partial charge in [0, 0.05) is 23.6 Å². The maximum absolute atomic E-state index is 12.9. The van der Waals surface area contributed by atoms with Crippen molar-refractivity contribution in [1.29, 1.82) is 0 Å². The van der Waals surface area contributed by atoms with Crippen LogP contribution < -0.4 is 11.1 Å². The first kappa shape index (κ1) is 24.3. The highest BCUT2D eigenvalue weighted by atomic mass is 32.2. The number of aliphatic imine (C=N–C) groups is 1. The largest absolute Gasteiger partial charge is 0.477 e. The molecule has 0 aromatic carbocycles. The highest BCUT2D eigenvalue weighted by Crippen LogP contribution is 2.50. The van der Waals surface area contributed by atoms with Crippen LogP contribution in [0.25, 0.3) is 0 Å². The molecule has 1 fully saturated rings. The van der Waals surface area contributed by atoms with Gasteiger partial charge in [0.05, 0.1) is 6.54 Å². The number of aromatic nitrogens is 1. The number of ketones is 1. The molecule has 15 heteroatoms. The quantitative estimate of drug-likeness (QED) is 0.163. The summed E-state index contributed by atoms with van der Waals surface area (Å²) in [6.45, 7) is 4.10. The molecular weight excluding hydrogens is 476 g/mol. The lowest BCUT2D eigenvalue weighted by Crippen LogP contribution is -2.77. The third-order valence-corrected chi connectivity index (χ3v) is 6.88. The standard InChI is InChI=1S/C18H20N6O7S2/c1-8(25)31-5-9-6-33-18(20-2)14(15(27)24(18)13(9)16(28)29)21-4-11(26)12(23-30-3)10-7-32-17(19)22-10/h7,14,21H,2,4-6H2,1,3H3,(H2,19,22)(H,28,29)/b23-12-/t14-,18+/m1/s1. The number of nitrogens with two attached hydrogens (primary N) is 1. The molecule has 0 spiro atoms. The van der Waals surface area contributed by atoms with Crippen molar-refractivity contribution in [1.82, 2.24) is 15.2 Å². The highest BCUT2D eigenvalue weighted by Gasteiger charge is 2.65. The number of nitrogens with zero attached hydrogens (tertiary/aromatic N) is 4. The molecule has 0 aliphatic carbocycles. The number of aliphatic carboxylic acids is 1. The van der Waals surface area contributed by atoms with Crippen LogP contribution in [-0.4, -0.2) is 88.1 Å². The number of carbonyl (C=O) groups excluding carboxylic acids is 3. The van der Waals surface area contributed by atoms with E-state index >= 15 is 0 Å². The zero-order valence-electron chi connectivity index (χ0n) is 17.6. The summed E-state index contributed by atoms with van der Waals surface area (Å²) in [6.07, 6.45) is 0. The SMILES string of the molecule is C=N[C@]12SCC(COC(C)=O)=C(C(=O)O)N1C(=O)[C@H]2NCC(=O)/C(=N\OC)c1csc(N)n1. The molecular formula is C18H20N6O7S2. The number of fused-ring (bicyclic) bond motifs is 1. The second-order valence-electron chi connectivity index (χ2n) is 6.75. The molecule has 3 rings (SSSR count). The fourth-order valence-electron chi connectivity index (χ4n) is 3.33. The van der Waals surface area contributed by atoms with Crippen LogP contribution in [0.15, 0.2) is 26.8 Å². The minimum Gasteiger partial charge on any atom is -0.477 e. The van der Waals surface area contributed by atoms with E-state index in [0.29, 0.717) is 0 Å². The number of nitrogens with one attached hydrogen (secondary N) is 1. The number of carboxylic acids is 1. The lowest BCUT2D eigenvalue weighted by molar-refractivity contribution is -0.155. The number of amides is 1. The molecule has 0 saturated carbocycles. The Morgan fingerprint density at radius 3 is 2.76 bits per heavy atom. The summed E-state index contributed by atoms with van der Waals surface area (Å²) < 4.78 is 4.91. The summed E-state index contributed by atoms with van der Waals surface area (Å²) in [7, 11) is 1.27. The summed E-state index contributed by atoms with van der Waals surface area (Å²) in [5.41, 5.74) is 5.67. The van der Waals surface area contributed by atoms with Crippen LogP contribution in [0.3, 0.4) is 0 Å². The molecule has 1 aromatic heterocycles. The smallest absolute Gasteiger partial charge is 0.352 e. The number of anilines is 1. The van der Waals surface area contributed by atoms with Gasteiger partial charge in [-0.25, -0.2) is 9.78 Å². The first-order chi connectivity index (χ1) is 15.7. The van der Waals surface area contributed by atoms with E-state index in [1.807, 2.05) is 0 Å². The number of β-lactam (4-membered cyclic amide) rings is 1. The number of Topliss-reactive ketones (excluding diaryl/α,β-unsaturated/α-hetero) is 1. The fourth-order valence-corrected chi connectivity index (χ4v) is 5.24. The average Bonchev–Trinajstić information content (AvgIpc) is 3.20. The Balaban J connectivity index is 1.80. The topological polar surface area (TPSA) is 186 Å². The Bertz CT molecular complexity index is 1080. The van der Waals surface area contributed by atoms with Gasteiger partial charge >= 0.3 is 11.9 Å². The Hall–Kier alpha value is -3.30. The normalized spacial score (nSPS) is 22.4. The van der Waals surface area contributed by atoms with Crippen LogP contribution >= 0.6 is 23.1 Å². The molecule has 2 aliphatic rings. The molecule has 0 unspecified atom stereocenters. The van der Waals surface area contributed by atoms with Crippen molar-refractivity contribution in [3.8, 4) is 0 Å². The first-order valence-corrected chi connectivity index (χ1v) is 11.2. The number of thioether (sulfide) groups is 1. The lowest BCUT2D eigenvalue weighted by atomic mass is 9.97. The molecule has 0 bridgehead atoms. The maximum atomic E-state index is 12.9. The van der Waals surface area contributed by atoms with Crippen LogP contribution in [0, 0.1) is 0 Å². The van der Waals surface area contributed by atoms with Crippen molar-refractivity contribution in [2.45, 2.75) is 18.0 Å². The van der Waals surface area contributed by atoms with Gasteiger partial charge < -0.3 is 20.4 Å². The zero-order valence-corrected chi connectivity index (χ0v) is 19.2. The van der Waals surface area contributed by atoms with E-state index in [1.165, 1.54) is 14.0 Å². The van der Waals surface area contributed by atoms with Crippen LogP contribution in [-0.2, 0) is 28.8 Å². The maximum Gasteiger partial charge on any atom is 0.352 e. The number of carboxylic acid groups (broad SMARTS) is 1. The molecule has 2 atom stereocenters. The average molecular weight is 497 g/mol. The number of thiazole rings is 1. The van der Waals surface area contributed by atoms with Crippen molar-refractivity contribution < 1.29 is 33.9 Å². The van der Waals surface area contributed by atoms with E-state index in [1.54, 1.807) is 5.38 Å². The minimum atomic E-state index is -1.38. The van der Waals surface area contributed by atoms with Gasteiger partial charge in [0.1, 0.15) is 31.1 Å². The first-order valence-electron chi connectivity index (χ1n) is 9.30. The molecule has 2 aliphatic heterocycles. The van der Waals surface area contributed by atoms with Gasteiger partial charge in [-0.1, -0.05) is 5.16 Å². The van der Waals surface area contributed by atoms with Crippen LogP contribution in [0.1, 0.15) is 12.6 Å². The summed E-state index contributed by atoms with van der Waals surface area (Å²) >= 11 is 2.25. The van der Waals surface area contributed by atoms with Crippen LogP contribution in [0.5, 0.6) is 0 Å². The van der Waals surface area contributed by atoms with E-state index in [4.69, 9.17) is 15.3 Å². The zero-order chi connectivity index (χ0) is 24.3. The van der Waals surface area contributed by atoms with Gasteiger partial charge in [-0.05, 0) is 6.72 Å². The van der Waals surface area contributed by atoms with Gasteiger partial charge in [-0.2, -0.15) is 0 Å². The molecule has 1 saturated heterocycles. The number of oxime groups is 1. The third-order valence-electron chi connectivity index (χ3n) is 4.74. The number of esters is 1. The minimum absolute atomic E-state index is 0.0896. The van der Waals surface area contributed by atoms with E-state index < -0.39 is 34.7 Å². The predicted octanol–water partition coefficient (Wildman–Crippen LogP) is -0.552. The molecule has 3 heterocycles. The van der Waals surface area contributed by atoms with Gasteiger partial charge in [-0.15, -0.1) is 23.1 Å². The van der Waals surface area contributed by atoms with Gasteiger partial charge in [0.15, 0.2) is 10.8 Å². The number of carbonyl (C=O) groups is 4. The molecule has 33 heavy (non-hydrogen) atoms. The fraction of sp³-hybridized carbons (Fsp3) is 0.389. The third kappa shape index (κ3) is 4.46. The van der Waals surface area contributed by atoms with Crippen molar-refractivity contribution in [3.63, 3.8) is 0 Å². The van der Waals surface area contributed by atoms with E-state index in [-0.39, 0.29) is 46.7 Å². The molecule has 13 nitrogen and oxygen atoms in total. The van der Waals surface area contributed by atoms with Gasteiger partial charge in [-0.3, -0.25) is 29.6 Å². The van der Waals surface area contributed by atoms with E-state index in [0.717, 1.165) is 28.0 Å². The summed E-state index contributed by atoms with van der Waals surface area (Å²) in [5.74, 6) is -2.98. The van der Waals surface area contributed by atoms with Crippen LogP contribution in [0.4, 0.5) is 5.13 Å². The van der Waals surface area contributed by atoms with Gasteiger partial charge in [0.25, 0.3) is 5.91 Å². The monoisotopic (exact) mass is 496 g/mol. The van der Waals surface area contributed by atoms with Crippen molar-refractivity contribution >= 4 is 64.3 Å². The number of hydrogen-bond acceptors (Lipinski definition) is 13. The molecule has 176 valence electrons. The molecule has 4 N–H and O–H groups in total. The van der Waals surface area contributed by atoms with E-state index in [9.17, 15) is 24.3 Å². The van der Waals surface area contributed by atoms with Crippen molar-refractivity contribution in [2.24, 2.45) is 10.1 Å². The Morgan fingerprint density at radius 1 is 1.48 bits per heavy atom.